The second-order valence-corrected chi connectivity index (χ2v) is 5.93. The molecule has 3 heteroatoms. The SMILES string of the molecule is COc1nccc(C(C)(C)C(C)(C)C)c1Cl. The number of hydrogen-bond acceptors (Lipinski definition) is 2. The Labute approximate surface area is 103 Å². The molecule has 16 heavy (non-hydrogen) atoms. The second-order valence-electron chi connectivity index (χ2n) is 5.56. The van der Waals surface area contributed by atoms with Crippen molar-refractivity contribution in [1.29, 1.82) is 0 Å². The van der Waals surface area contributed by atoms with Crippen LogP contribution in [0.3, 0.4) is 0 Å². The Bertz CT molecular complexity index is 380. The van der Waals surface area contributed by atoms with Crippen LogP contribution in [0.15, 0.2) is 12.3 Å². The summed E-state index contributed by atoms with van der Waals surface area (Å²) in [5.74, 6) is 0.497. The zero-order valence-electron chi connectivity index (χ0n) is 10.9. The van der Waals surface area contributed by atoms with Gasteiger partial charge < -0.3 is 4.74 Å². The lowest BCUT2D eigenvalue weighted by molar-refractivity contribution is 0.224. The fraction of sp³-hybridized carbons (Fsp3) is 0.615. The molecule has 1 heterocycles. The molecule has 0 aliphatic heterocycles. The maximum atomic E-state index is 6.31. The number of halogens is 1. The summed E-state index contributed by atoms with van der Waals surface area (Å²) in [7, 11) is 1.59. The largest absolute Gasteiger partial charge is 0.480 e. The third-order valence-corrected chi connectivity index (χ3v) is 3.96. The van der Waals surface area contributed by atoms with Crippen LogP contribution >= 0.6 is 11.6 Å². The van der Waals surface area contributed by atoms with E-state index in [1.54, 1.807) is 13.3 Å². The molecule has 1 aromatic rings. The predicted molar refractivity (Wildman–Crippen MR) is 68.3 cm³/mol. The Morgan fingerprint density at radius 1 is 1.19 bits per heavy atom. The third kappa shape index (κ3) is 2.17. The molecule has 0 N–H and O–H groups in total. The first kappa shape index (κ1) is 13.3. The van der Waals surface area contributed by atoms with Gasteiger partial charge in [0.05, 0.1) is 7.11 Å². The number of hydrogen-bond donors (Lipinski definition) is 0. The summed E-state index contributed by atoms with van der Waals surface area (Å²) >= 11 is 6.31. The maximum Gasteiger partial charge on any atom is 0.232 e. The molecular weight excluding hydrogens is 222 g/mol. The van der Waals surface area contributed by atoms with E-state index < -0.39 is 0 Å². The summed E-state index contributed by atoms with van der Waals surface area (Å²) in [5.41, 5.74) is 1.15. The lowest BCUT2D eigenvalue weighted by atomic mass is 9.65. The van der Waals surface area contributed by atoms with Gasteiger partial charge in [-0.05, 0) is 22.5 Å². The van der Waals surface area contributed by atoms with Gasteiger partial charge in [-0.2, -0.15) is 0 Å². The van der Waals surface area contributed by atoms with Gasteiger partial charge in [0.2, 0.25) is 5.88 Å². The molecule has 0 atom stereocenters. The molecule has 0 saturated carbocycles. The summed E-state index contributed by atoms with van der Waals surface area (Å²) in [6, 6.07) is 1.97. The van der Waals surface area contributed by atoms with Gasteiger partial charge in [0.1, 0.15) is 5.02 Å². The van der Waals surface area contributed by atoms with Crippen molar-refractivity contribution in [3.63, 3.8) is 0 Å². The fourth-order valence-corrected chi connectivity index (χ4v) is 1.88. The number of nitrogens with zero attached hydrogens (tertiary/aromatic N) is 1. The highest BCUT2D eigenvalue weighted by atomic mass is 35.5. The smallest absolute Gasteiger partial charge is 0.232 e. The van der Waals surface area contributed by atoms with Gasteiger partial charge in [-0.25, -0.2) is 4.98 Å². The molecule has 90 valence electrons. The lowest BCUT2D eigenvalue weighted by Crippen LogP contribution is -2.34. The highest BCUT2D eigenvalue weighted by molar-refractivity contribution is 6.32. The van der Waals surface area contributed by atoms with Crippen molar-refractivity contribution in [3.8, 4) is 5.88 Å². The monoisotopic (exact) mass is 241 g/mol. The van der Waals surface area contributed by atoms with E-state index in [2.05, 4.69) is 39.6 Å². The summed E-state index contributed by atoms with van der Waals surface area (Å²) in [4.78, 5) is 4.10. The van der Waals surface area contributed by atoms with Crippen LogP contribution in [0.5, 0.6) is 5.88 Å². The van der Waals surface area contributed by atoms with E-state index in [-0.39, 0.29) is 10.8 Å². The van der Waals surface area contributed by atoms with Crippen LogP contribution in [0.2, 0.25) is 5.02 Å². The highest BCUT2D eigenvalue weighted by Crippen LogP contribution is 2.45. The van der Waals surface area contributed by atoms with E-state index in [1.807, 2.05) is 6.07 Å². The molecule has 0 spiro atoms. The van der Waals surface area contributed by atoms with E-state index >= 15 is 0 Å². The van der Waals surface area contributed by atoms with E-state index in [0.29, 0.717) is 10.9 Å². The van der Waals surface area contributed by atoms with E-state index in [4.69, 9.17) is 16.3 Å². The van der Waals surface area contributed by atoms with Crippen LogP contribution in [0.25, 0.3) is 0 Å². The summed E-state index contributed by atoms with van der Waals surface area (Å²) in [5, 5.41) is 0.616. The van der Waals surface area contributed by atoms with Crippen molar-refractivity contribution in [2.45, 2.75) is 40.0 Å². The zero-order valence-corrected chi connectivity index (χ0v) is 11.6. The van der Waals surface area contributed by atoms with Crippen molar-refractivity contribution in [3.05, 3.63) is 22.8 Å². The zero-order chi connectivity index (χ0) is 12.6. The second kappa shape index (κ2) is 4.25. The van der Waals surface area contributed by atoms with E-state index in [9.17, 15) is 0 Å². The van der Waals surface area contributed by atoms with Crippen molar-refractivity contribution in [2.24, 2.45) is 5.41 Å². The predicted octanol–water partition coefficient (Wildman–Crippen LogP) is 4.07. The average molecular weight is 242 g/mol. The lowest BCUT2D eigenvalue weighted by Gasteiger charge is -2.39. The number of pyridine rings is 1. The molecule has 0 aliphatic carbocycles. The molecule has 0 fully saturated rings. The quantitative estimate of drug-likeness (QED) is 0.779. The van der Waals surface area contributed by atoms with Crippen LogP contribution in [0.4, 0.5) is 0 Å². The number of methoxy groups -OCH3 is 1. The van der Waals surface area contributed by atoms with Crippen LogP contribution in [0, 0.1) is 5.41 Å². The number of aromatic nitrogens is 1. The Morgan fingerprint density at radius 3 is 2.19 bits per heavy atom. The molecule has 0 amide bonds. The van der Waals surface area contributed by atoms with Crippen molar-refractivity contribution >= 4 is 11.6 Å². The molecule has 0 saturated heterocycles. The molecule has 0 aliphatic rings. The first-order valence-corrected chi connectivity index (χ1v) is 5.78. The molecule has 0 radical (unpaired) electrons. The van der Waals surface area contributed by atoms with Crippen LogP contribution < -0.4 is 4.74 Å². The average Bonchev–Trinajstić information content (AvgIpc) is 2.16. The fourth-order valence-electron chi connectivity index (χ4n) is 1.45. The first-order chi connectivity index (χ1) is 7.21. The molecule has 1 rings (SSSR count). The van der Waals surface area contributed by atoms with Gasteiger partial charge in [-0.1, -0.05) is 46.2 Å². The van der Waals surface area contributed by atoms with Gasteiger partial charge in [0, 0.05) is 6.20 Å². The van der Waals surface area contributed by atoms with Gasteiger partial charge in [-0.15, -0.1) is 0 Å². The van der Waals surface area contributed by atoms with Crippen LogP contribution in [-0.4, -0.2) is 12.1 Å². The van der Waals surface area contributed by atoms with Crippen molar-refractivity contribution < 1.29 is 4.74 Å². The Balaban J connectivity index is 3.34. The maximum absolute atomic E-state index is 6.31. The molecule has 0 unspecified atom stereocenters. The molecular formula is C13H20ClNO. The van der Waals surface area contributed by atoms with E-state index in [0.717, 1.165) is 5.56 Å². The molecule has 2 nitrogen and oxygen atoms in total. The van der Waals surface area contributed by atoms with Gasteiger partial charge in [-0.3, -0.25) is 0 Å². The van der Waals surface area contributed by atoms with Crippen molar-refractivity contribution in [2.75, 3.05) is 7.11 Å². The molecule has 0 bridgehead atoms. The molecule has 1 aromatic heterocycles. The van der Waals surface area contributed by atoms with E-state index in [1.165, 1.54) is 0 Å². The highest BCUT2D eigenvalue weighted by Gasteiger charge is 2.36. The Hall–Kier alpha value is -0.760. The Morgan fingerprint density at radius 2 is 1.75 bits per heavy atom. The minimum Gasteiger partial charge on any atom is -0.480 e. The number of ether oxygens (including phenoxy) is 1. The Kier molecular flexibility index (Phi) is 3.53. The van der Waals surface area contributed by atoms with Crippen LogP contribution in [-0.2, 0) is 5.41 Å². The number of rotatable bonds is 2. The minimum atomic E-state index is -0.0414. The molecule has 0 aromatic carbocycles. The normalized spacial score (nSPS) is 12.7. The van der Waals surface area contributed by atoms with Crippen molar-refractivity contribution in [1.82, 2.24) is 4.98 Å². The first-order valence-electron chi connectivity index (χ1n) is 5.41. The summed E-state index contributed by atoms with van der Waals surface area (Å²) < 4.78 is 5.15. The van der Waals surface area contributed by atoms with Gasteiger partial charge in [0.25, 0.3) is 0 Å². The topological polar surface area (TPSA) is 22.1 Å². The van der Waals surface area contributed by atoms with Gasteiger partial charge in [0.15, 0.2) is 0 Å². The summed E-state index contributed by atoms with van der Waals surface area (Å²) in [6.45, 7) is 11.0. The van der Waals surface area contributed by atoms with Gasteiger partial charge >= 0.3 is 0 Å². The van der Waals surface area contributed by atoms with Crippen LogP contribution in [0.1, 0.15) is 40.2 Å². The third-order valence-electron chi connectivity index (χ3n) is 3.60. The standard InChI is InChI=1S/C13H20ClNO/c1-12(2,3)13(4,5)9-7-8-15-11(16-6)10(9)14/h7-8H,1-6H3. The minimum absolute atomic E-state index is 0.0414. The summed E-state index contributed by atoms with van der Waals surface area (Å²) in [6.07, 6.45) is 1.74.